The van der Waals surface area contributed by atoms with Gasteiger partial charge in [0.1, 0.15) is 6.04 Å². The molecule has 5 nitrogen and oxygen atoms in total. The molecule has 3 aromatic rings. The molecule has 4 rings (SSSR count). The first kappa shape index (κ1) is 19.7. The Bertz CT molecular complexity index is 1210. The van der Waals surface area contributed by atoms with Crippen LogP contribution in [0.1, 0.15) is 18.1 Å². The molecule has 1 N–H and O–H groups in total. The lowest BCUT2D eigenvalue weighted by atomic mass is 10.0. The van der Waals surface area contributed by atoms with E-state index in [2.05, 4.69) is 11.4 Å². The summed E-state index contributed by atoms with van der Waals surface area (Å²) in [5.41, 5.74) is 3.59. The average molecular weight is 429 g/mol. The van der Waals surface area contributed by atoms with Crippen molar-refractivity contribution in [2.75, 3.05) is 15.9 Å². The molecule has 0 aliphatic heterocycles. The van der Waals surface area contributed by atoms with Crippen LogP contribution in [0.2, 0.25) is 5.02 Å². The molecule has 0 bridgehead atoms. The third-order valence-electron chi connectivity index (χ3n) is 5.29. The van der Waals surface area contributed by atoms with Crippen LogP contribution in [0.25, 0.3) is 10.8 Å². The van der Waals surface area contributed by atoms with Gasteiger partial charge in [-0.15, -0.1) is 0 Å². The smallest absolute Gasteiger partial charge is 0.248 e. The highest BCUT2D eigenvalue weighted by Gasteiger charge is 2.30. The summed E-state index contributed by atoms with van der Waals surface area (Å²) < 4.78 is 26.0. The van der Waals surface area contributed by atoms with Gasteiger partial charge in [-0.25, -0.2) is 8.42 Å². The molecule has 0 spiro atoms. The van der Waals surface area contributed by atoms with E-state index in [4.69, 9.17) is 11.6 Å². The van der Waals surface area contributed by atoms with Gasteiger partial charge in [-0.2, -0.15) is 0 Å². The average Bonchev–Trinajstić information content (AvgIpc) is 3.08. The van der Waals surface area contributed by atoms with E-state index in [1.807, 2.05) is 24.3 Å². The fourth-order valence-electron chi connectivity index (χ4n) is 4.02. The van der Waals surface area contributed by atoms with Crippen molar-refractivity contribution in [3.8, 4) is 0 Å². The van der Waals surface area contributed by atoms with Crippen LogP contribution in [0.4, 0.5) is 11.4 Å². The maximum absolute atomic E-state index is 13.0. The number of anilines is 2. The number of carbonyl (C=O) groups is 1. The van der Waals surface area contributed by atoms with Crippen LogP contribution in [0.15, 0.2) is 54.6 Å². The van der Waals surface area contributed by atoms with E-state index in [0.29, 0.717) is 16.4 Å². The van der Waals surface area contributed by atoms with Gasteiger partial charge in [0.15, 0.2) is 0 Å². The zero-order valence-electron chi connectivity index (χ0n) is 16.1. The van der Waals surface area contributed by atoms with Gasteiger partial charge in [-0.3, -0.25) is 9.10 Å². The molecular weight excluding hydrogens is 408 g/mol. The maximum Gasteiger partial charge on any atom is 0.248 e. The van der Waals surface area contributed by atoms with E-state index in [1.165, 1.54) is 22.6 Å². The fraction of sp³-hybridized carbons (Fsp3) is 0.227. The molecule has 0 saturated carbocycles. The molecular formula is C22H21ClN2O3S. The summed E-state index contributed by atoms with van der Waals surface area (Å²) in [6.07, 6.45) is 3.07. The Kier molecular flexibility index (Phi) is 5.00. The standard InChI is InChI=1S/C22H21ClN2O3S/c1-14(25(29(2,27)28)18-7-4-6-17(23)13-18)22(26)24-20-12-11-16-10-9-15-5-3-8-19(20)21(15)16/h3-8,11-14H,9-10H2,1-2H3,(H,24,26)/t14-/m0/s1. The van der Waals surface area contributed by atoms with Crippen LogP contribution in [-0.4, -0.2) is 26.6 Å². The number of hydrogen-bond donors (Lipinski definition) is 1. The zero-order chi connectivity index (χ0) is 20.8. The molecule has 150 valence electrons. The van der Waals surface area contributed by atoms with Crippen molar-refractivity contribution in [3.63, 3.8) is 0 Å². The third kappa shape index (κ3) is 3.70. The second kappa shape index (κ2) is 7.35. The minimum atomic E-state index is -3.70. The third-order valence-corrected chi connectivity index (χ3v) is 6.76. The van der Waals surface area contributed by atoms with Crippen molar-refractivity contribution in [1.29, 1.82) is 0 Å². The van der Waals surface area contributed by atoms with Gasteiger partial charge in [-0.05, 0) is 60.5 Å². The molecule has 1 aliphatic carbocycles. The lowest BCUT2D eigenvalue weighted by Crippen LogP contribution is -2.45. The lowest BCUT2D eigenvalue weighted by Gasteiger charge is -2.28. The van der Waals surface area contributed by atoms with E-state index < -0.39 is 22.0 Å². The van der Waals surface area contributed by atoms with Gasteiger partial charge in [0.2, 0.25) is 15.9 Å². The minimum absolute atomic E-state index is 0.350. The molecule has 0 fully saturated rings. The molecule has 7 heteroatoms. The van der Waals surface area contributed by atoms with Gasteiger partial charge in [0, 0.05) is 16.1 Å². The second-order valence-electron chi connectivity index (χ2n) is 7.32. The summed E-state index contributed by atoms with van der Waals surface area (Å²) in [4.78, 5) is 13.0. The molecule has 1 aliphatic rings. The van der Waals surface area contributed by atoms with Gasteiger partial charge in [0.05, 0.1) is 11.9 Å². The molecule has 3 aromatic carbocycles. The number of nitrogens with one attached hydrogen (secondary N) is 1. The van der Waals surface area contributed by atoms with E-state index in [1.54, 1.807) is 25.1 Å². The summed E-state index contributed by atoms with van der Waals surface area (Å²) in [5.74, 6) is -0.408. The molecule has 29 heavy (non-hydrogen) atoms. The van der Waals surface area contributed by atoms with Crippen molar-refractivity contribution in [2.45, 2.75) is 25.8 Å². The van der Waals surface area contributed by atoms with Crippen LogP contribution in [0, 0.1) is 0 Å². The predicted octanol–water partition coefficient (Wildman–Crippen LogP) is 4.39. The number of carbonyl (C=O) groups excluding carboxylic acids is 1. The van der Waals surface area contributed by atoms with Gasteiger partial charge in [-0.1, -0.05) is 41.9 Å². The van der Waals surface area contributed by atoms with E-state index >= 15 is 0 Å². The number of nitrogens with zero attached hydrogens (tertiary/aromatic N) is 1. The molecule has 0 aromatic heterocycles. The Morgan fingerprint density at radius 2 is 1.76 bits per heavy atom. The number of sulfonamides is 1. The number of rotatable bonds is 5. The molecule has 0 saturated heterocycles. The summed E-state index contributed by atoms with van der Waals surface area (Å²) in [7, 11) is -3.70. The quantitative estimate of drug-likeness (QED) is 0.655. The lowest BCUT2D eigenvalue weighted by molar-refractivity contribution is -0.116. The Hall–Kier alpha value is -2.57. The summed E-state index contributed by atoms with van der Waals surface area (Å²) in [6.45, 7) is 1.57. The number of benzene rings is 3. The second-order valence-corrected chi connectivity index (χ2v) is 9.61. The number of aryl methyl sites for hydroxylation is 2. The first-order chi connectivity index (χ1) is 13.8. The van der Waals surface area contributed by atoms with Crippen LogP contribution in [0.5, 0.6) is 0 Å². The van der Waals surface area contributed by atoms with Gasteiger partial charge < -0.3 is 5.32 Å². The molecule has 0 unspecified atom stereocenters. The molecule has 0 heterocycles. The monoisotopic (exact) mass is 428 g/mol. The van der Waals surface area contributed by atoms with E-state index in [0.717, 1.165) is 28.8 Å². The highest BCUT2D eigenvalue weighted by Crippen LogP contribution is 2.35. The number of halogens is 1. The van der Waals surface area contributed by atoms with Crippen molar-refractivity contribution in [1.82, 2.24) is 0 Å². The zero-order valence-corrected chi connectivity index (χ0v) is 17.7. The number of amides is 1. The largest absolute Gasteiger partial charge is 0.324 e. The molecule has 0 radical (unpaired) electrons. The first-order valence-electron chi connectivity index (χ1n) is 9.35. The van der Waals surface area contributed by atoms with Gasteiger partial charge in [0.25, 0.3) is 0 Å². The highest BCUT2D eigenvalue weighted by molar-refractivity contribution is 7.92. The van der Waals surface area contributed by atoms with Crippen LogP contribution in [-0.2, 0) is 27.7 Å². The van der Waals surface area contributed by atoms with Crippen LogP contribution < -0.4 is 9.62 Å². The maximum atomic E-state index is 13.0. The van der Waals surface area contributed by atoms with Crippen molar-refractivity contribution in [2.24, 2.45) is 0 Å². The minimum Gasteiger partial charge on any atom is -0.324 e. The Balaban J connectivity index is 1.68. The topological polar surface area (TPSA) is 66.5 Å². The SMILES string of the molecule is C[C@@H](C(=O)Nc1ccc2c3c(cccc13)CC2)N(c1cccc(Cl)c1)S(C)(=O)=O. The normalized spacial score (nSPS) is 14.0. The summed E-state index contributed by atoms with van der Waals surface area (Å²) in [6, 6.07) is 15.5. The Morgan fingerprint density at radius 3 is 2.45 bits per heavy atom. The Morgan fingerprint density at radius 1 is 1.07 bits per heavy atom. The van der Waals surface area contributed by atoms with Crippen molar-refractivity contribution >= 4 is 49.7 Å². The fourth-order valence-corrected chi connectivity index (χ4v) is 5.37. The van der Waals surface area contributed by atoms with Crippen molar-refractivity contribution < 1.29 is 13.2 Å². The van der Waals surface area contributed by atoms with Crippen LogP contribution in [0.3, 0.4) is 0 Å². The molecule has 1 amide bonds. The highest BCUT2D eigenvalue weighted by atomic mass is 35.5. The first-order valence-corrected chi connectivity index (χ1v) is 11.6. The van der Waals surface area contributed by atoms with E-state index in [-0.39, 0.29) is 0 Å². The van der Waals surface area contributed by atoms with Gasteiger partial charge >= 0.3 is 0 Å². The molecule has 1 atom stereocenters. The summed E-state index contributed by atoms with van der Waals surface area (Å²) >= 11 is 6.03. The number of hydrogen-bond acceptors (Lipinski definition) is 3. The summed E-state index contributed by atoms with van der Waals surface area (Å²) in [5, 5.41) is 5.49. The Labute approximate surface area is 175 Å². The van der Waals surface area contributed by atoms with E-state index in [9.17, 15) is 13.2 Å². The van der Waals surface area contributed by atoms with Crippen molar-refractivity contribution in [3.05, 3.63) is 70.7 Å². The predicted molar refractivity (Wildman–Crippen MR) is 118 cm³/mol. The van der Waals surface area contributed by atoms with Crippen LogP contribution >= 0.6 is 11.6 Å².